The van der Waals surface area contributed by atoms with Crippen molar-refractivity contribution in [3.63, 3.8) is 0 Å². The van der Waals surface area contributed by atoms with Gasteiger partial charge in [0.05, 0.1) is 0 Å². The van der Waals surface area contributed by atoms with Crippen LogP contribution in [-0.2, 0) is 59.0 Å². The lowest BCUT2D eigenvalue weighted by Gasteiger charge is -2.44. The molecule has 0 spiro atoms. The topological polar surface area (TPSA) is 153 Å². The van der Waals surface area contributed by atoms with E-state index in [0.29, 0.717) is 12.8 Å². The van der Waals surface area contributed by atoms with Crippen LogP contribution in [0.3, 0.4) is 0 Å². The van der Waals surface area contributed by atoms with Crippen LogP contribution < -0.4 is 5.32 Å². The van der Waals surface area contributed by atoms with E-state index in [-0.39, 0.29) is 32.2 Å². The van der Waals surface area contributed by atoms with Gasteiger partial charge in [-0.25, -0.2) is 0 Å². The van der Waals surface area contributed by atoms with Gasteiger partial charge < -0.3 is 33.7 Å². The van der Waals surface area contributed by atoms with Crippen LogP contribution in [-0.4, -0.2) is 73.6 Å². The van der Waals surface area contributed by atoms with Crippen LogP contribution in [0.5, 0.6) is 0 Å². The van der Waals surface area contributed by atoms with E-state index in [0.717, 1.165) is 12.5 Å². The van der Waals surface area contributed by atoms with Gasteiger partial charge in [0.25, 0.3) is 0 Å². The number of ether oxygens (including phenoxy) is 6. The fourth-order valence-electron chi connectivity index (χ4n) is 3.81. The van der Waals surface area contributed by atoms with E-state index in [1.807, 2.05) is 30.3 Å². The van der Waals surface area contributed by atoms with Crippen LogP contribution >= 0.6 is 0 Å². The minimum atomic E-state index is -1.19. The normalized spacial score (nSPS) is 22.6. The molecule has 1 N–H and O–H groups in total. The summed E-state index contributed by atoms with van der Waals surface area (Å²) in [6, 6.07) is 8.28. The van der Waals surface area contributed by atoms with Crippen molar-refractivity contribution in [2.45, 2.75) is 84.2 Å². The smallest absolute Gasteiger partial charge is 0.306 e. The number of unbranched alkanes of at least 4 members (excludes halogenated alkanes) is 1. The van der Waals surface area contributed by atoms with Gasteiger partial charge in [-0.3, -0.25) is 24.0 Å². The van der Waals surface area contributed by atoms with E-state index >= 15 is 0 Å². The maximum Gasteiger partial charge on any atom is 0.306 e. The highest BCUT2D eigenvalue weighted by atomic mass is 16.7. The number of hydrogen-bond donors (Lipinski definition) is 1. The lowest BCUT2D eigenvalue weighted by Crippen LogP contribution is -2.66. The molecule has 1 aromatic rings. The Morgan fingerprint density at radius 1 is 0.842 bits per heavy atom. The monoisotopic (exact) mass is 537 g/mol. The second-order valence-corrected chi connectivity index (χ2v) is 8.69. The third-order valence-electron chi connectivity index (χ3n) is 5.37. The van der Waals surface area contributed by atoms with Gasteiger partial charge in [0.1, 0.15) is 25.4 Å². The Hall–Kier alpha value is -3.51. The van der Waals surface area contributed by atoms with E-state index in [2.05, 4.69) is 5.32 Å². The molecule has 1 amide bonds. The van der Waals surface area contributed by atoms with Gasteiger partial charge in [-0.1, -0.05) is 30.3 Å². The van der Waals surface area contributed by atoms with E-state index in [1.165, 1.54) is 20.8 Å². The van der Waals surface area contributed by atoms with Gasteiger partial charge in [-0.2, -0.15) is 0 Å². The summed E-state index contributed by atoms with van der Waals surface area (Å²) in [4.78, 5) is 59.0. The molecular weight excluding hydrogens is 502 g/mol. The quantitative estimate of drug-likeness (QED) is 0.222. The number of esters is 4. The van der Waals surface area contributed by atoms with Crippen molar-refractivity contribution in [2.75, 3.05) is 13.2 Å². The minimum Gasteiger partial charge on any atom is -0.463 e. The van der Waals surface area contributed by atoms with Crippen molar-refractivity contribution in [1.82, 2.24) is 5.32 Å². The second kappa shape index (κ2) is 15.7. The molecular formula is C26H35NO11. The van der Waals surface area contributed by atoms with Gasteiger partial charge in [-0.05, 0) is 18.4 Å². The number of benzene rings is 1. The molecule has 1 saturated heterocycles. The first kappa shape index (κ1) is 30.7. The molecule has 1 aromatic carbocycles. The number of rotatable bonds is 13. The molecule has 0 aromatic heterocycles. The highest BCUT2D eigenvalue weighted by Gasteiger charge is 2.51. The van der Waals surface area contributed by atoms with Gasteiger partial charge in [-0.15, -0.1) is 0 Å². The van der Waals surface area contributed by atoms with E-state index in [4.69, 9.17) is 28.4 Å². The van der Waals surface area contributed by atoms with Gasteiger partial charge in [0.2, 0.25) is 5.91 Å². The van der Waals surface area contributed by atoms with Gasteiger partial charge >= 0.3 is 23.9 Å². The van der Waals surface area contributed by atoms with Crippen LogP contribution in [0.1, 0.15) is 52.5 Å². The maximum absolute atomic E-state index is 12.0. The fourth-order valence-corrected chi connectivity index (χ4v) is 3.81. The van der Waals surface area contributed by atoms with Crippen molar-refractivity contribution in [3.8, 4) is 0 Å². The molecule has 5 atom stereocenters. The number of carbonyl (C=O) groups is 5. The number of hydrogen-bond acceptors (Lipinski definition) is 11. The standard InChI is InChI=1S/C26H35NO11/c1-16(28)27-23-25(37-19(4)31)24(36-18(3)30)21(15-34-17(2)29)38-26(23)33-13-9-8-12-22(32)35-14-20-10-6-5-7-11-20/h5-7,10-11,21,23-26H,8-9,12-15H2,1-4H3,(H,27,28)/t21?,23-,24+,25-,26-/m1/s1. The molecule has 38 heavy (non-hydrogen) atoms. The van der Waals surface area contributed by atoms with Gasteiger partial charge in [0, 0.05) is 40.7 Å². The molecule has 0 saturated carbocycles. The second-order valence-electron chi connectivity index (χ2n) is 8.69. The zero-order chi connectivity index (χ0) is 28.1. The van der Waals surface area contributed by atoms with Crippen molar-refractivity contribution in [1.29, 1.82) is 0 Å². The summed E-state index contributed by atoms with van der Waals surface area (Å²) >= 11 is 0. The van der Waals surface area contributed by atoms with Crippen LogP contribution in [0, 0.1) is 0 Å². The lowest BCUT2D eigenvalue weighted by atomic mass is 9.96. The Labute approximate surface area is 221 Å². The zero-order valence-corrected chi connectivity index (χ0v) is 22.0. The average Bonchev–Trinajstić information content (AvgIpc) is 2.84. The lowest BCUT2D eigenvalue weighted by molar-refractivity contribution is -0.277. The predicted octanol–water partition coefficient (Wildman–Crippen LogP) is 1.57. The Morgan fingerprint density at radius 3 is 2.11 bits per heavy atom. The third kappa shape index (κ3) is 10.9. The molecule has 1 fully saturated rings. The highest BCUT2D eigenvalue weighted by Crippen LogP contribution is 2.28. The Bertz CT molecular complexity index is 952. The summed E-state index contributed by atoms with van der Waals surface area (Å²) in [6.45, 7) is 4.78. The molecule has 210 valence electrons. The highest BCUT2D eigenvalue weighted by molar-refractivity contribution is 5.73. The molecule has 0 radical (unpaired) electrons. The van der Waals surface area contributed by atoms with Crippen LogP contribution in [0.4, 0.5) is 0 Å². The summed E-state index contributed by atoms with van der Waals surface area (Å²) in [7, 11) is 0. The first-order chi connectivity index (χ1) is 18.1. The minimum absolute atomic E-state index is 0.123. The molecule has 0 bridgehead atoms. The molecule has 0 aliphatic carbocycles. The first-order valence-corrected chi connectivity index (χ1v) is 12.3. The van der Waals surface area contributed by atoms with Crippen LogP contribution in [0.2, 0.25) is 0 Å². The average molecular weight is 538 g/mol. The number of carbonyl (C=O) groups excluding carboxylic acids is 5. The SMILES string of the molecule is CC(=O)N[C@H]1[C@H](OCCCCC(=O)OCc2ccccc2)OC(COC(C)=O)[C@H](OC(C)=O)[C@@H]1OC(C)=O. The Morgan fingerprint density at radius 2 is 1.50 bits per heavy atom. The Kier molecular flexibility index (Phi) is 12.7. The molecule has 1 aliphatic heterocycles. The largest absolute Gasteiger partial charge is 0.463 e. The molecule has 2 rings (SSSR count). The number of nitrogens with one attached hydrogen (secondary N) is 1. The Balaban J connectivity index is 2.01. The van der Waals surface area contributed by atoms with Crippen LogP contribution in [0.25, 0.3) is 0 Å². The summed E-state index contributed by atoms with van der Waals surface area (Å²) in [5.74, 6) is -2.79. The van der Waals surface area contributed by atoms with E-state index in [1.54, 1.807) is 0 Å². The van der Waals surface area contributed by atoms with E-state index < -0.39 is 54.5 Å². The molecule has 12 nitrogen and oxygen atoms in total. The van der Waals surface area contributed by atoms with E-state index in [9.17, 15) is 24.0 Å². The molecule has 1 unspecified atom stereocenters. The van der Waals surface area contributed by atoms with Crippen LogP contribution in [0.15, 0.2) is 30.3 Å². The predicted molar refractivity (Wildman–Crippen MR) is 130 cm³/mol. The summed E-state index contributed by atoms with van der Waals surface area (Å²) in [5.41, 5.74) is 0.889. The summed E-state index contributed by atoms with van der Waals surface area (Å²) < 4.78 is 32.8. The molecule has 1 aliphatic rings. The number of amides is 1. The molecule has 12 heteroatoms. The van der Waals surface area contributed by atoms with Crippen molar-refractivity contribution < 1.29 is 52.4 Å². The zero-order valence-electron chi connectivity index (χ0n) is 22.0. The summed E-state index contributed by atoms with van der Waals surface area (Å²) in [6.07, 6.45) is -3.47. The van der Waals surface area contributed by atoms with Crippen molar-refractivity contribution >= 4 is 29.8 Å². The maximum atomic E-state index is 12.0. The summed E-state index contributed by atoms with van der Waals surface area (Å²) in [5, 5.41) is 2.63. The third-order valence-corrected chi connectivity index (χ3v) is 5.37. The first-order valence-electron chi connectivity index (χ1n) is 12.3. The molecule has 1 heterocycles. The fraction of sp³-hybridized carbons (Fsp3) is 0.577. The van der Waals surface area contributed by atoms with Crippen molar-refractivity contribution in [3.05, 3.63) is 35.9 Å². The van der Waals surface area contributed by atoms with Crippen molar-refractivity contribution in [2.24, 2.45) is 0 Å². The van der Waals surface area contributed by atoms with Gasteiger partial charge in [0.15, 0.2) is 18.5 Å².